The predicted molar refractivity (Wildman–Crippen MR) is 95.5 cm³/mol. The summed E-state index contributed by atoms with van der Waals surface area (Å²) in [5.41, 5.74) is 2.24. The molecule has 0 aromatic heterocycles. The van der Waals surface area contributed by atoms with E-state index < -0.39 is 12.0 Å². The third-order valence-electron chi connectivity index (χ3n) is 4.47. The Labute approximate surface area is 152 Å². The second-order valence-corrected chi connectivity index (χ2v) is 6.05. The Morgan fingerprint density at radius 1 is 1.23 bits per heavy atom. The van der Waals surface area contributed by atoms with E-state index in [4.69, 9.17) is 9.47 Å². The van der Waals surface area contributed by atoms with Crippen LogP contribution in [0.3, 0.4) is 0 Å². The van der Waals surface area contributed by atoms with Crippen LogP contribution < -0.4 is 9.47 Å². The Morgan fingerprint density at radius 2 is 2.00 bits per heavy atom. The summed E-state index contributed by atoms with van der Waals surface area (Å²) in [6.45, 7) is 2.76. The van der Waals surface area contributed by atoms with Crippen molar-refractivity contribution in [3.05, 3.63) is 59.2 Å². The van der Waals surface area contributed by atoms with Gasteiger partial charge in [-0.2, -0.15) is 0 Å². The first-order chi connectivity index (χ1) is 12.5. The van der Waals surface area contributed by atoms with Gasteiger partial charge in [0.05, 0.1) is 26.2 Å². The molecule has 0 spiro atoms. The lowest BCUT2D eigenvalue weighted by Crippen LogP contribution is -2.30. The number of rotatable bonds is 7. The largest absolute Gasteiger partial charge is 0.493 e. The third kappa shape index (κ3) is 3.35. The molecule has 0 fully saturated rings. The van der Waals surface area contributed by atoms with Gasteiger partial charge < -0.3 is 19.5 Å². The number of carboxylic acids is 1. The molecule has 1 heterocycles. The zero-order valence-electron chi connectivity index (χ0n) is 14.8. The highest BCUT2D eigenvalue weighted by molar-refractivity contribution is 5.98. The van der Waals surface area contributed by atoms with E-state index in [1.165, 1.54) is 7.11 Å². The summed E-state index contributed by atoms with van der Waals surface area (Å²) in [6.07, 6.45) is -0.184. The zero-order valence-corrected chi connectivity index (χ0v) is 14.8. The normalized spacial score (nSPS) is 14.1. The number of benzene rings is 2. The summed E-state index contributed by atoms with van der Waals surface area (Å²) in [6, 6.07) is 12.1. The van der Waals surface area contributed by atoms with E-state index in [9.17, 15) is 14.7 Å². The van der Waals surface area contributed by atoms with Crippen LogP contribution in [0.5, 0.6) is 11.5 Å². The van der Waals surface area contributed by atoms with Gasteiger partial charge in [-0.15, -0.1) is 0 Å². The highest BCUT2D eigenvalue weighted by Gasteiger charge is 2.34. The number of hydrogen-bond acceptors (Lipinski definition) is 4. The summed E-state index contributed by atoms with van der Waals surface area (Å²) in [4.78, 5) is 25.8. The van der Waals surface area contributed by atoms with Crippen LogP contribution in [0.1, 0.15) is 40.9 Å². The number of nitrogens with zero attached hydrogens (tertiary/aromatic N) is 1. The standard InChI is InChI=1S/C20H21NO5/c1-3-26-17-9-8-13(10-18(17)25-2)16(11-19(22)23)21-12-14-6-4-5-7-15(14)20(21)24/h4-10,16H,3,11-12H2,1-2H3,(H,22,23)/t16-/m0/s1. The Bertz CT molecular complexity index is 833. The van der Waals surface area contributed by atoms with Crippen LogP contribution in [0.2, 0.25) is 0 Å². The van der Waals surface area contributed by atoms with Crippen molar-refractivity contribution in [1.29, 1.82) is 0 Å². The minimum atomic E-state index is -0.966. The Balaban J connectivity index is 1.97. The number of ether oxygens (including phenoxy) is 2. The Hall–Kier alpha value is -3.02. The van der Waals surface area contributed by atoms with Crippen LogP contribution in [0.25, 0.3) is 0 Å². The molecule has 1 atom stereocenters. The topological polar surface area (TPSA) is 76.1 Å². The SMILES string of the molecule is CCOc1ccc([C@H](CC(=O)O)N2Cc3ccccc3C2=O)cc1OC. The average molecular weight is 355 g/mol. The molecular weight excluding hydrogens is 334 g/mol. The number of aliphatic carboxylic acids is 1. The van der Waals surface area contributed by atoms with E-state index in [2.05, 4.69) is 0 Å². The summed E-state index contributed by atoms with van der Waals surface area (Å²) in [5.74, 6) is -0.0148. The third-order valence-corrected chi connectivity index (χ3v) is 4.47. The maximum absolute atomic E-state index is 12.8. The molecule has 0 bridgehead atoms. The number of carbonyl (C=O) groups excluding carboxylic acids is 1. The summed E-state index contributed by atoms with van der Waals surface area (Å²) in [5, 5.41) is 9.38. The van der Waals surface area contributed by atoms with E-state index in [0.717, 1.165) is 5.56 Å². The molecule has 2 aromatic carbocycles. The first kappa shape index (κ1) is 17.8. The lowest BCUT2D eigenvalue weighted by molar-refractivity contribution is -0.138. The lowest BCUT2D eigenvalue weighted by Gasteiger charge is -2.27. The monoisotopic (exact) mass is 355 g/mol. The van der Waals surface area contributed by atoms with E-state index in [1.54, 1.807) is 29.2 Å². The van der Waals surface area contributed by atoms with E-state index >= 15 is 0 Å². The fraction of sp³-hybridized carbons (Fsp3) is 0.300. The molecule has 0 radical (unpaired) electrons. The predicted octanol–water partition coefficient (Wildman–Crippen LogP) is 3.27. The summed E-state index contributed by atoms with van der Waals surface area (Å²) >= 11 is 0. The van der Waals surface area contributed by atoms with Crippen LogP contribution in [0.15, 0.2) is 42.5 Å². The van der Waals surface area contributed by atoms with E-state index in [1.807, 2.05) is 25.1 Å². The fourth-order valence-corrected chi connectivity index (χ4v) is 3.27. The zero-order chi connectivity index (χ0) is 18.7. The highest BCUT2D eigenvalue weighted by atomic mass is 16.5. The van der Waals surface area contributed by atoms with Gasteiger partial charge in [0.2, 0.25) is 0 Å². The van der Waals surface area contributed by atoms with Gasteiger partial charge in [-0.25, -0.2) is 0 Å². The maximum Gasteiger partial charge on any atom is 0.305 e. The second kappa shape index (κ2) is 7.47. The number of carbonyl (C=O) groups is 2. The smallest absolute Gasteiger partial charge is 0.305 e. The van der Waals surface area contributed by atoms with Crippen molar-refractivity contribution in [1.82, 2.24) is 4.90 Å². The minimum absolute atomic E-state index is 0.153. The molecule has 1 amide bonds. The van der Waals surface area contributed by atoms with Crippen LogP contribution in [0.4, 0.5) is 0 Å². The number of fused-ring (bicyclic) bond motifs is 1. The molecule has 26 heavy (non-hydrogen) atoms. The van der Waals surface area contributed by atoms with Crippen molar-refractivity contribution in [2.75, 3.05) is 13.7 Å². The van der Waals surface area contributed by atoms with Crippen molar-refractivity contribution in [3.8, 4) is 11.5 Å². The van der Waals surface area contributed by atoms with Crippen LogP contribution in [-0.4, -0.2) is 35.6 Å². The van der Waals surface area contributed by atoms with Crippen molar-refractivity contribution < 1.29 is 24.2 Å². The van der Waals surface area contributed by atoms with E-state index in [0.29, 0.717) is 35.8 Å². The average Bonchev–Trinajstić information content (AvgIpc) is 2.97. The highest BCUT2D eigenvalue weighted by Crippen LogP contribution is 2.37. The van der Waals surface area contributed by atoms with Gasteiger partial charge in [-0.1, -0.05) is 24.3 Å². The lowest BCUT2D eigenvalue weighted by atomic mass is 10.0. The van der Waals surface area contributed by atoms with Crippen LogP contribution >= 0.6 is 0 Å². The Morgan fingerprint density at radius 3 is 2.65 bits per heavy atom. The van der Waals surface area contributed by atoms with Gasteiger partial charge in [0.15, 0.2) is 11.5 Å². The number of methoxy groups -OCH3 is 1. The van der Waals surface area contributed by atoms with Crippen molar-refractivity contribution >= 4 is 11.9 Å². The number of hydrogen-bond donors (Lipinski definition) is 1. The number of amides is 1. The molecule has 6 nitrogen and oxygen atoms in total. The van der Waals surface area contributed by atoms with Crippen molar-refractivity contribution in [3.63, 3.8) is 0 Å². The molecule has 0 saturated carbocycles. The molecule has 1 N–H and O–H groups in total. The molecule has 136 valence electrons. The first-order valence-corrected chi connectivity index (χ1v) is 8.46. The van der Waals surface area contributed by atoms with Gasteiger partial charge in [0.1, 0.15) is 0 Å². The van der Waals surface area contributed by atoms with Gasteiger partial charge in [0, 0.05) is 12.1 Å². The number of carboxylic acid groups (broad SMARTS) is 1. The quantitative estimate of drug-likeness (QED) is 0.825. The van der Waals surface area contributed by atoms with Crippen molar-refractivity contribution in [2.45, 2.75) is 25.9 Å². The summed E-state index contributed by atoms with van der Waals surface area (Å²) in [7, 11) is 1.53. The molecule has 0 aliphatic carbocycles. The molecule has 1 aliphatic rings. The van der Waals surface area contributed by atoms with Crippen molar-refractivity contribution in [2.24, 2.45) is 0 Å². The molecule has 0 unspecified atom stereocenters. The van der Waals surface area contributed by atoms with Gasteiger partial charge in [0.25, 0.3) is 5.91 Å². The van der Waals surface area contributed by atoms with Gasteiger partial charge in [-0.3, -0.25) is 9.59 Å². The molecule has 6 heteroatoms. The Kier molecular flexibility index (Phi) is 5.11. The first-order valence-electron chi connectivity index (χ1n) is 8.46. The van der Waals surface area contributed by atoms with Crippen LogP contribution in [-0.2, 0) is 11.3 Å². The maximum atomic E-state index is 12.8. The molecule has 0 saturated heterocycles. The van der Waals surface area contributed by atoms with Crippen LogP contribution in [0, 0.1) is 0 Å². The molecule has 2 aromatic rings. The molecular formula is C20H21NO5. The minimum Gasteiger partial charge on any atom is -0.493 e. The fourth-order valence-electron chi connectivity index (χ4n) is 3.27. The molecule has 1 aliphatic heterocycles. The summed E-state index contributed by atoms with van der Waals surface area (Å²) < 4.78 is 10.9. The molecule has 3 rings (SSSR count). The van der Waals surface area contributed by atoms with Gasteiger partial charge >= 0.3 is 5.97 Å². The van der Waals surface area contributed by atoms with E-state index in [-0.39, 0.29) is 12.3 Å². The second-order valence-electron chi connectivity index (χ2n) is 6.05. The van der Waals surface area contributed by atoms with Gasteiger partial charge in [-0.05, 0) is 36.2 Å².